The van der Waals surface area contributed by atoms with Crippen molar-refractivity contribution in [2.24, 2.45) is 0 Å². The van der Waals surface area contributed by atoms with Crippen LogP contribution in [0.15, 0.2) is 41.1 Å². The molecule has 0 radical (unpaired) electrons. The molecule has 1 N–H and O–H groups in total. The Bertz CT molecular complexity index is 1420. The Labute approximate surface area is 215 Å². The Morgan fingerprint density at radius 1 is 1.25 bits per heavy atom. The zero-order valence-corrected chi connectivity index (χ0v) is 21.7. The van der Waals surface area contributed by atoms with Gasteiger partial charge in [-0.3, -0.25) is 9.69 Å². The molecule has 0 unspecified atom stereocenters. The van der Waals surface area contributed by atoms with Gasteiger partial charge in [-0.25, -0.2) is 0 Å². The minimum atomic E-state index is 0.0579. The quantitative estimate of drug-likeness (QED) is 0.335. The van der Waals surface area contributed by atoms with Gasteiger partial charge in [0.15, 0.2) is 0 Å². The number of carbonyl (C=O) groups is 1. The lowest BCUT2D eigenvalue weighted by atomic mass is 9.91. The van der Waals surface area contributed by atoms with Gasteiger partial charge in [-0.1, -0.05) is 28.9 Å². The van der Waals surface area contributed by atoms with E-state index < -0.39 is 0 Å². The molecule has 1 aliphatic heterocycles. The number of benzene rings is 2. The van der Waals surface area contributed by atoms with E-state index >= 15 is 0 Å². The smallest absolute Gasteiger partial charge is 0.258 e. The second-order valence-corrected chi connectivity index (χ2v) is 10.2. The van der Waals surface area contributed by atoms with Gasteiger partial charge < -0.3 is 14.2 Å². The Kier molecular flexibility index (Phi) is 6.97. The van der Waals surface area contributed by atoms with E-state index in [9.17, 15) is 4.79 Å². The number of Topliss-reactive ketones (excluding diaryl/α,β-unsaturated/α-hetero) is 1. The van der Waals surface area contributed by atoms with Crippen molar-refractivity contribution in [3.05, 3.63) is 58.2 Å². The van der Waals surface area contributed by atoms with Crippen LogP contribution < -0.4 is 0 Å². The number of aliphatic hydroxyl groups excluding tert-OH is 1. The molecule has 2 aromatic heterocycles. The largest absolute Gasteiger partial charge is 0.396 e. The summed E-state index contributed by atoms with van der Waals surface area (Å²) in [5.74, 6) is 1.21. The Morgan fingerprint density at radius 3 is 2.86 bits per heavy atom. The number of hydrogen-bond donors (Lipinski definition) is 1. The number of aliphatic hydroxyl groups is 1. The van der Waals surface area contributed by atoms with E-state index in [1.165, 1.54) is 11.1 Å². The van der Waals surface area contributed by atoms with Gasteiger partial charge in [0.05, 0.1) is 11.6 Å². The van der Waals surface area contributed by atoms with Crippen LogP contribution in [-0.4, -0.2) is 50.2 Å². The summed E-state index contributed by atoms with van der Waals surface area (Å²) in [4.78, 5) is 19.0. The van der Waals surface area contributed by atoms with E-state index in [4.69, 9.17) is 26.2 Å². The van der Waals surface area contributed by atoms with Gasteiger partial charge in [0.25, 0.3) is 5.89 Å². The number of hydrogen-bond acceptors (Lipinski definition) is 6. The van der Waals surface area contributed by atoms with Crippen molar-refractivity contribution < 1.29 is 14.4 Å². The van der Waals surface area contributed by atoms with Gasteiger partial charge >= 0.3 is 0 Å². The molecule has 0 amide bonds. The van der Waals surface area contributed by atoms with Crippen LogP contribution in [0.25, 0.3) is 33.7 Å². The van der Waals surface area contributed by atoms with Gasteiger partial charge in [0.1, 0.15) is 5.78 Å². The molecule has 7 nitrogen and oxygen atoms in total. The maximum Gasteiger partial charge on any atom is 0.258 e. The monoisotopic (exact) mass is 506 g/mol. The minimum absolute atomic E-state index is 0.0579. The Hall–Kier alpha value is -3.00. The average molecular weight is 507 g/mol. The molecule has 8 heteroatoms. The highest BCUT2D eigenvalue weighted by Crippen LogP contribution is 2.34. The molecule has 0 aliphatic carbocycles. The molecular formula is C28H31ClN4O3. The molecule has 4 aromatic rings. The highest BCUT2D eigenvalue weighted by Gasteiger charge is 2.23. The third-order valence-corrected chi connectivity index (χ3v) is 7.34. The van der Waals surface area contributed by atoms with Crippen molar-refractivity contribution in [2.45, 2.75) is 52.6 Å². The summed E-state index contributed by atoms with van der Waals surface area (Å²) in [7, 11) is 0. The van der Waals surface area contributed by atoms with E-state index in [1.807, 2.05) is 30.5 Å². The highest BCUT2D eigenvalue weighted by molar-refractivity contribution is 6.35. The summed E-state index contributed by atoms with van der Waals surface area (Å²) in [6, 6.07) is 10.5. The summed E-state index contributed by atoms with van der Waals surface area (Å²) in [6.45, 7) is 8.43. The summed E-state index contributed by atoms with van der Waals surface area (Å²) >= 11 is 6.51. The minimum Gasteiger partial charge on any atom is -0.396 e. The predicted octanol–water partition coefficient (Wildman–Crippen LogP) is 5.60. The number of halogens is 1. The number of nitrogens with zero attached hydrogens (tertiary/aromatic N) is 4. The van der Waals surface area contributed by atoms with E-state index in [2.05, 4.69) is 41.5 Å². The molecule has 188 valence electrons. The number of carbonyl (C=O) groups excluding carboxylic acids is 1. The van der Waals surface area contributed by atoms with Gasteiger partial charge in [0, 0.05) is 60.4 Å². The number of rotatable bonds is 8. The van der Waals surface area contributed by atoms with Crippen molar-refractivity contribution in [1.29, 1.82) is 0 Å². The van der Waals surface area contributed by atoms with E-state index in [0.29, 0.717) is 42.2 Å². The molecule has 1 aliphatic rings. The van der Waals surface area contributed by atoms with Gasteiger partial charge in [-0.2, -0.15) is 4.98 Å². The van der Waals surface area contributed by atoms with E-state index in [0.717, 1.165) is 47.1 Å². The standard InChI is InChI=1S/C28H31ClN4O3/c1-17(2)33-16-25(29)24-13-19(7-9-26(24)33)28-30-27(31-36-28)23-8-6-20-14-32(11-10-22(20)18(23)3)15-21(35)5-4-12-34/h6-9,13,16-17,34H,4-5,10-12,14-15H2,1-3H3. The van der Waals surface area contributed by atoms with Gasteiger partial charge in [-0.05, 0) is 68.5 Å². The van der Waals surface area contributed by atoms with Crippen molar-refractivity contribution >= 4 is 28.3 Å². The third kappa shape index (κ3) is 4.71. The first-order valence-electron chi connectivity index (χ1n) is 12.5. The predicted molar refractivity (Wildman–Crippen MR) is 141 cm³/mol. The van der Waals surface area contributed by atoms with Gasteiger partial charge in [0.2, 0.25) is 5.82 Å². The number of ketones is 1. The van der Waals surface area contributed by atoms with Crippen molar-refractivity contribution in [3.63, 3.8) is 0 Å². The van der Waals surface area contributed by atoms with Crippen molar-refractivity contribution in [1.82, 2.24) is 19.6 Å². The summed E-state index contributed by atoms with van der Waals surface area (Å²) < 4.78 is 7.82. The zero-order valence-electron chi connectivity index (χ0n) is 20.9. The topological polar surface area (TPSA) is 84.4 Å². The van der Waals surface area contributed by atoms with Crippen molar-refractivity contribution in [2.75, 3.05) is 19.7 Å². The first kappa shape index (κ1) is 24.7. The molecule has 0 atom stereocenters. The fraction of sp³-hybridized carbons (Fsp3) is 0.393. The summed E-state index contributed by atoms with van der Waals surface area (Å²) in [5.41, 5.74) is 6.55. The maximum atomic E-state index is 12.1. The van der Waals surface area contributed by atoms with Crippen LogP contribution in [-0.2, 0) is 17.8 Å². The molecule has 36 heavy (non-hydrogen) atoms. The lowest BCUT2D eigenvalue weighted by molar-refractivity contribution is -0.120. The molecule has 0 saturated carbocycles. The lowest BCUT2D eigenvalue weighted by Gasteiger charge is -2.29. The Morgan fingerprint density at radius 2 is 2.08 bits per heavy atom. The lowest BCUT2D eigenvalue weighted by Crippen LogP contribution is -2.35. The van der Waals surface area contributed by atoms with Crippen LogP contribution in [0, 0.1) is 6.92 Å². The molecule has 0 fully saturated rings. The highest BCUT2D eigenvalue weighted by atomic mass is 35.5. The van der Waals surface area contributed by atoms with Crippen LogP contribution in [0.4, 0.5) is 0 Å². The van der Waals surface area contributed by atoms with Crippen LogP contribution in [0.1, 0.15) is 49.4 Å². The van der Waals surface area contributed by atoms with Gasteiger partial charge in [-0.15, -0.1) is 0 Å². The first-order chi connectivity index (χ1) is 17.4. The van der Waals surface area contributed by atoms with E-state index in [1.54, 1.807) is 0 Å². The zero-order chi connectivity index (χ0) is 25.4. The second-order valence-electron chi connectivity index (χ2n) is 9.84. The number of fused-ring (bicyclic) bond motifs is 2. The fourth-order valence-corrected chi connectivity index (χ4v) is 5.36. The Balaban J connectivity index is 1.37. The van der Waals surface area contributed by atoms with Crippen LogP contribution in [0.3, 0.4) is 0 Å². The molecule has 0 bridgehead atoms. The molecule has 5 rings (SSSR count). The normalized spacial score (nSPS) is 14.1. The molecule has 0 spiro atoms. The van der Waals surface area contributed by atoms with E-state index in [-0.39, 0.29) is 12.4 Å². The van der Waals surface area contributed by atoms with Crippen LogP contribution in [0.2, 0.25) is 5.02 Å². The summed E-state index contributed by atoms with van der Waals surface area (Å²) in [6.07, 6.45) is 3.79. The first-order valence-corrected chi connectivity index (χ1v) is 12.8. The maximum absolute atomic E-state index is 12.1. The average Bonchev–Trinajstić information content (AvgIpc) is 3.48. The fourth-order valence-electron chi connectivity index (χ4n) is 5.10. The second kappa shape index (κ2) is 10.2. The SMILES string of the molecule is Cc1c(-c2noc(-c3ccc4c(c3)c(Cl)cn4C(C)C)n2)ccc2c1CCN(CC(=O)CCCO)C2. The van der Waals surface area contributed by atoms with Crippen LogP contribution in [0.5, 0.6) is 0 Å². The molecule has 3 heterocycles. The number of aromatic nitrogens is 3. The van der Waals surface area contributed by atoms with Crippen LogP contribution >= 0.6 is 11.6 Å². The molecular weight excluding hydrogens is 476 g/mol. The third-order valence-electron chi connectivity index (χ3n) is 7.04. The molecule has 2 aromatic carbocycles. The van der Waals surface area contributed by atoms with Crippen molar-refractivity contribution in [3.8, 4) is 22.8 Å². The molecule has 0 saturated heterocycles. The summed E-state index contributed by atoms with van der Waals surface area (Å²) in [5, 5.41) is 14.9.